The Morgan fingerprint density at radius 1 is 0.778 bits per heavy atom. The largest absolute Gasteiger partial charge is 0.368 e. The first-order valence-corrected chi connectivity index (χ1v) is 12.6. The number of aryl methyl sites for hydroxylation is 2. The van der Waals surface area contributed by atoms with Crippen molar-refractivity contribution in [3.63, 3.8) is 0 Å². The molecule has 2 saturated heterocycles. The van der Waals surface area contributed by atoms with E-state index in [9.17, 15) is 10.1 Å². The standard InChI is InChI=1S/C27H33N7O2/c1-21-8-9-24(18-22(21)2)31-14-16-33(17-15-31)27-25(34(35)36)26(28-20-29-27)32-12-10-30(11-13-32)19-23-6-4-3-5-7-23/h3-9,18,20H,10-17,19H2,1-2H3. The van der Waals surface area contributed by atoms with Crippen molar-refractivity contribution in [3.05, 3.63) is 81.7 Å². The molecule has 2 fully saturated rings. The smallest absolute Gasteiger partial charge is 0.353 e. The summed E-state index contributed by atoms with van der Waals surface area (Å²) >= 11 is 0. The molecule has 0 radical (unpaired) electrons. The summed E-state index contributed by atoms with van der Waals surface area (Å²) in [5, 5.41) is 12.2. The molecule has 0 atom stereocenters. The normalized spacial score (nSPS) is 16.9. The maximum absolute atomic E-state index is 12.2. The Balaban J connectivity index is 1.27. The number of hydrogen-bond acceptors (Lipinski definition) is 8. The average molecular weight is 488 g/mol. The van der Waals surface area contributed by atoms with Crippen LogP contribution in [0.2, 0.25) is 0 Å². The Hall–Kier alpha value is -3.72. The van der Waals surface area contributed by atoms with E-state index in [2.05, 4.69) is 76.1 Å². The van der Waals surface area contributed by atoms with E-state index in [1.54, 1.807) is 0 Å². The molecule has 0 unspecified atom stereocenters. The average Bonchev–Trinajstić information content (AvgIpc) is 2.91. The van der Waals surface area contributed by atoms with Gasteiger partial charge in [-0.25, -0.2) is 9.97 Å². The van der Waals surface area contributed by atoms with Gasteiger partial charge in [0.25, 0.3) is 0 Å². The Morgan fingerprint density at radius 3 is 1.94 bits per heavy atom. The van der Waals surface area contributed by atoms with Crippen molar-refractivity contribution in [1.82, 2.24) is 14.9 Å². The lowest BCUT2D eigenvalue weighted by molar-refractivity contribution is -0.383. The highest BCUT2D eigenvalue weighted by molar-refractivity contribution is 5.72. The van der Waals surface area contributed by atoms with Crippen LogP contribution in [-0.4, -0.2) is 72.1 Å². The van der Waals surface area contributed by atoms with Crippen LogP contribution in [-0.2, 0) is 6.54 Å². The Kier molecular flexibility index (Phi) is 6.99. The van der Waals surface area contributed by atoms with E-state index in [0.29, 0.717) is 37.8 Å². The maximum atomic E-state index is 12.2. The van der Waals surface area contributed by atoms with Crippen molar-refractivity contribution in [2.75, 3.05) is 67.1 Å². The number of nitro groups is 1. The SMILES string of the molecule is Cc1ccc(N2CCN(c3ncnc(N4CCN(Cc5ccccc5)CC4)c3[N+](=O)[O-])CC2)cc1C. The van der Waals surface area contributed by atoms with E-state index in [0.717, 1.165) is 32.7 Å². The van der Waals surface area contributed by atoms with Gasteiger partial charge in [0.15, 0.2) is 0 Å². The van der Waals surface area contributed by atoms with Gasteiger partial charge in [-0.3, -0.25) is 15.0 Å². The fraction of sp³-hybridized carbons (Fsp3) is 0.407. The molecule has 0 saturated carbocycles. The molecule has 36 heavy (non-hydrogen) atoms. The summed E-state index contributed by atoms with van der Waals surface area (Å²) < 4.78 is 0. The Bertz CT molecular complexity index is 1200. The molecule has 3 aromatic rings. The Labute approximate surface area is 212 Å². The molecule has 188 valence electrons. The fourth-order valence-electron chi connectivity index (χ4n) is 5.04. The van der Waals surface area contributed by atoms with Crippen molar-refractivity contribution < 1.29 is 4.92 Å². The van der Waals surface area contributed by atoms with Crippen LogP contribution in [0.3, 0.4) is 0 Å². The van der Waals surface area contributed by atoms with Gasteiger partial charge in [0.05, 0.1) is 4.92 Å². The number of nitrogens with zero attached hydrogens (tertiary/aromatic N) is 7. The third kappa shape index (κ3) is 5.11. The number of rotatable bonds is 6. The zero-order valence-electron chi connectivity index (χ0n) is 21.0. The van der Waals surface area contributed by atoms with Crippen molar-refractivity contribution in [2.24, 2.45) is 0 Å². The second-order valence-electron chi connectivity index (χ2n) is 9.62. The molecule has 2 aromatic carbocycles. The van der Waals surface area contributed by atoms with Crippen LogP contribution >= 0.6 is 0 Å². The minimum Gasteiger partial charge on any atom is -0.368 e. The van der Waals surface area contributed by atoms with Crippen molar-refractivity contribution in [2.45, 2.75) is 20.4 Å². The van der Waals surface area contributed by atoms with Crippen LogP contribution < -0.4 is 14.7 Å². The number of piperazine rings is 2. The molecular weight excluding hydrogens is 454 g/mol. The van der Waals surface area contributed by atoms with E-state index < -0.39 is 0 Å². The molecule has 0 bridgehead atoms. The van der Waals surface area contributed by atoms with Crippen molar-refractivity contribution in [3.8, 4) is 0 Å². The van der Waals surface area contributed by atoms with Crippen LogP contribution in [0.4, 0.5) is 23.0 Å². The molecule has 5 rings (SSSR count). The number of aromatic nitrogens is 2. The van der Waals surface area contributed by atoms with Gasteiger partial charge in [-0.1, -0.05) is 36.4 Å². The number of benzene rings is 2. The molecule has 3 heterocycles. The monoisotopic (exact) mass is 487 g/mol. The van der Waals surface area contributed by atoms with Gasteiger partial charge in [-0.2, -0.15) is 0 Å². The van der Waals surface area contributed by atoms with E-state index >= 15 is 0 Å². The molecule has 1 aromatic heterocycles. The zero-order chi connectivity index (χ0) is 25.1. The van der Waals surface area contributed by atoms with Crippen LogP contribution in [0.1, 0.15) is 16.7 Å². The molecule has 2 aliphatic rings. The van der Waals surface area contributed by atoms with E-state index in [-0.39, 0.29) is 10.6 Å². The van der Waals surface area contributed by atoms with Crippen molar-refractivity contribution >= 4 is 23.0 Å². The zero-order valence-corrected chi connectivity index (χ0v) is 21.0. The molecule has 2 aliphatic heterocycles. The minimum absolute atomic E-state index is 0.0219. The summed E-state index contributed by atoms with van der Waals surface area (Å²) in [6.45, 7) is 11.1. The highest BCUT2D eigenvalue weighted by Gasteiger charge is 2.33. The third-order valence-corrected chi connectivity index (χ3v) is 7.32. The third-order valence-electron chi connectivity index (χ3n) is 7.32. The predicted octanol–water partition coefficient (Wildman–Crippen LogP) is 3.65. The second-order valence-corrected chi connectivity index (χ2v) is 9.62. The topological polar surface area (TPSA) is 81.9 Å². The van der Waals surface area contributed by atoms with Gasteiger partial charge < -0.3 is 14.7 Å². The lowest BCUT2D eigenvalue weighted by atomic mass is 10.1. The lowest BCUT2D eigenvalue weighted by Crippen LogP contribution is -2.48. The number of anilines is 3. The first-order chi connectivity index (χ1) is 17.5. The maximum Gasteiger partial charge on any atom is 0.353 e. The van der Waals surface area contributed by atoms with Gasteiger partial charge in [-0.15, -0.1) is 0 Å². The number of hydrogen-bond donors (Lipinski definition) is 0. The minimum atomic E-state index is -0.309. The molecule has 0 aliphatic carbocycles. The van der Waals surface area contributed by atoms with Crippen LogP contribution in [0.15, 0.2) is 54.9 Å². The summed E-state index contributed by atoms with van der Waals surface area (Å²) in [6.07, 6.45) is 1.48. The molecule has 0 spiro atoms. The molecule has 0 N–H and O–H groups in total. The van der Waals surface area contributed by atoms with Crippen molar-refractivity contribution in [1.29, 1.82) is 0 Å². The highest BCUT2D eigenvalue weighted by Crippen LogP contribution is 2.35. The van der Waals surface area contributed by atoms with E-state index in [1.807, 2.05) is 15.9 Å². The summed E-state index contributed by atoms with van der Waals surface area (Å²) in [4.78, 5) is 29.5. The molecule has 9 nitrogen and oxygen atoms in total. The second kappa shape index (κ2) is 10.5. The molecular formula is C27H33N7O2. The first kappa shape index (κ1) is 24.0. The van der Waals surface area contributed by atoms with Gasteiger partial charge in [0, 0.05) is 64.6 Å². The lowest BCUT2D eigenvalue weighted by Gasteiger charge is -2.37. The quantitative estimate of drug-likeness (QED) is 0.385. The van der Waals surface area contributed by atoms with Gasteiger partial charge in [0.1, 0.15) is 6.33 Å². The summed E-state index contributed by atoms with van der Waals surface area (Å²) in [7, 11) is 0. The summed E-state index contributed by atoms with van der Waals surface area (Å²) in [5.74, 6) is 0.859. The van der Waals surface area contributed by atoms with Gasteiger partial charge >= 0.3 is 5.69 Å². The summed E-state index contributed by atoms with van der Waals surface area (Å²) in [5.41, 5.74) is 5.05. The highest BCUT2D eigenvalue weighted by atomic mass is 16.6. The van der Waals surface area contributed by atoms with Crippen LogP contribution in [0, 0.1) is 24.0 Å². The van der Waals surface area contributed by atoms with Gasteiger partial charge in [-0.05, 0) is 42.7 Å². The van der Waals surface area contributed by atoms with E-state index in [1.165, 1.54) is 28.7 Å². The summed E-state index contributed by atoms with van der Waals surface area (Å²) in [6, 6.07) is 16.9. The van der Waals surface area contributed by atoms with Gasteiger partial charge in [0.2, 0.25) is 11.6 Å². The fourth-order valence-corrected chi connectivity index (χ4v) is 5.04. The van der Waals surface area contributed by atoms with Crippen LogP contribution in [0.25, 0.3) is 0 Å². The Morgan fingerprint density at radius 2 is 1.36 bits per heavy atom. The van der Waals surface area contributed by atoms with E-state index in [4.69, 9.17) is 0 Å². The van der Waals surface area contributed by atoms with Crippen LogP contribution in [0.5, 0.6) is 0 Å². The molecule has 9 heteroatoms. The predicted molar refractivity (Wildman–Crippen MR) is 143 cm³/mol. The molecule has 0 amide bonds. The first-order valence-electron chi connectivity index (χ1n) is 12.6.